The molecule has 0 aliphatic carbocycles. The molecule has 0 spiro atoms. The zero-order valence-corrected chi connectivity index (χ0v) is 29.0. The second-order valence-electron chi connectivity index (χ2n) is 13.4. The molecule has 1 aromatic heterocycles. The predicted octanol–water partition coefficient (Wildman–Crippen LogP) is 9.57. The van der Waals surface area contributed by atoms with Crippen molar-refractivity contribution in [2.45, 2.75) is 110 Å². The van der Waals surface area contributed by atoms with Crippen molar-refractivity contribution in [1.82, 2.24) is 9.47 Å². The van der Waals surface area contributed by atoms with E-state index in [0.29, 0.717) is 17.5 Å². The van der Waals surface area contributed by atoms with Crippen LogP contribution in [0.4, 0.5) is 5.69 Å². The number of carbonyl (C=O) groups excluding carboxylic acids is 1. The molecule has 0 unspecified atom stereocenters. The van der Waals surface area contributed by atoms with Gasteiger partial charge in [0.1, 0.15) is 0 Å². The van der Waals surface area contributed by atoms with Crippen molar-refractivity contribution >= 4 is 22.8 Å². The van der Waals surface area contributed by atoms with E-state index in [1.807, 2.05) is 24.3 Å². The summed E-state index contributed by atoms with van der Waals surface area (Å²) in [4.78, 5) is 30.1. The molecule has 1 aliphatic rings. The van der Waals surface area contributed by atoms with Crippen LogP contribution in [0.2, 0.25) is 0 Å². The third-order valence-corrected chi connectivity index (χ3v) is 9.67. The lowest BCUT2D eigenvalue weighted by atomic mass is 10.0. The Morgan fingerprint density at radius 3 is 2.02 bits per heavy atom. The van der Waals surface area contributed by atoms with Crippen LogP contribution >= 0.6 is 0 Å². The van der Waals surface area contributed by atoms with Crippen molar-refractivity contribution in [3.05, 3.63) is 88.9 Å². The number of oxazole rings is 1. The topological polar surface area (TPSA) is 67.9 Å². The number of benzene rings is 3. The van der Waals surface area contributed by atoms with Crippen LogP contribution in [0.15, 0.2) is 82.0 Å². The van der Waals surface area contributed by atoms with Crippen molar-refractivity contribution in [3.8, 4) is 11.1 Å². The van der Waals surface area contributed by atoms with Crippen LogP contribution in [0.25, 0.3) is 22.2 Å². The molecule has 1 saturated heterocycles. The number of para-hydroxylation sites is 1. The fraction of sp³-hybridized carbons (Fsp3) is 0.512. The van der Waals surface area contributed by atoms with Crippen molar-refractivity contribution in [2.75, 3.05) is 31.1 Å². The van der Waals surface area contributed by atoms with E-state index in [1.54, 1.807) is 0 Å². The molecule has 0 amide bonds. The largest absolute Gasteiger partial charge is 0.444 e. The molecule has 3 aromatic carbocycles. The fourth-order valence-corrected chi connectivity index (χ4v) is 6.82. The van der Waals surface area contributed by atoms with Gasteiger partial charge in [-0.3, -0.25) is 9.69 Å². The minimum absolute atomic E-state index is 0.123. The zero-order chi connectivity index (χ0) is 33.4. The minimum atomic E-state index is -0.497. The number of hydrogen-bond acceptors (Lipinski definition) is 6. The molecule has 0 bridgehead atoms. The summed E-state index contributed by atoms with van der Waals surface area (Å²) in [5.41, 5.74) is 5.90. The number of esters is 1. The first kappa shape index (κ1) is 35.5. The monoisotopic (exact) mass is 653 g/mol. The van der Waals surface area contributed by atoms with Gasteiger partial charge in [0.15, 0.2) is 12.3 Å². The molecule has 0 N–H and O–H groups in total. The molecule has 0 atom stereocenters. The highest BCUT2D eigenvalue weighted by molar-refractivity contribution is 5.87. The Morgan fingerprint density at radius 1 is 0.708 bits per heavy atom. The van der Waals surface area contributed by atoms with E-state index in [0.717, 1.165) is 57.7 Å². The second kappa shape index (κ2) is 19.2. The van der Waals surface area contributed by atoms with E-state index < -0.39 is 5.76 Å². The van der Waals surface area contributed by atoms with E-state index in [1.165, 1.54) is 85.5 Å². The van der Waals surface area contributed by atoms with Crippen LogP contribution in [0.3, 0.4) is 0 Å². The number of piperazine rings is 1. The van der Waals surface area contributed by atoms with E-state index in [-0.39, 0.29) is 12.7 Å². The first-order valence-electron chi connectivity index (χ1n) is 18.5. The molecule has 7 nitrogen and oxygen atoms in total. The van der Waals surface area contributed by atoms with Crippen molar-refractivity contribution in [3.63, 3.8) is 0 Å². The molecule has 7 heteroatoms. The van der Waals surface area contributed by atoms with Gasteiger partial charge in [-0.2, -0.15) is 0 Å². The summed E-state index contributed by atoms with van der Waals surface area (Å²) < 4.78 is 12.7. The van der Waals surface area contributed by atoms with Gasteiger partial charge in [-0.25, -0.2) is 9.36 Å². The number of aromatic nitrogens is 1. The molecular weight excluding hydrogens is 598 g/mol. The van der Waals surface area contributed by atoms with Crippen molar-refractivity contribution < 1.29 is 13.9 Å². The summed E-state index contributed by atoms with van der Waals surface area (Å²) in [5.74, 6) is -0.760. The number of ether oxygens (including phenoxy) is 1. The summed E-state index contributed by atoms with van der Waals surface area (Å²) in [6.07, 6.45) is 16.8. The minimum Gasteiger partial charge on any atom is -0.444 e. The van der Waals surface area contributed by atoms with Gasteiger partial charge in [-0.15, -0.1) is 0 Å². The van der Waals surface area contributed by atoms with Crippen LogP contribution < -0.4 is 10.7 Å². The number of anilines is 1. The lowest BCUT2D eigenvalue weighted by Gasteiger charge is -2.36. The summed E-state index contributed by atoms with van der Waals surface area (Å²) in [7, 11) is 0. The lowest BCUT2D eigenvalue weighted by Crippen LogP contribution is -2.46. The fourth-order valence-electron chi connectivity index (χ4n) is 6.82. The molecule has 258 valence electrons. The van der Waals surface area contributed by atoms with E-state index >= 15 is 0 Å². The Labute approximate surface area is 286 Å². The maximum Gasteiger partial charge on any atom is 0.422 e. The Morgan fingerprint density at radius 2 is 1.33 bits per heavy atom. The van der Waals surface area contributed by atoms with E-state index in [4.69, 9.17) is 9.15 Å². The number of rotatable bonds is 20. The number of unbranched alkanes of at least 4 members (excludes halogenated alkanes) is 12. The molecule has 1 fully saturated rings. The van der Waals surface area contributed by atoms with Gasteiger partial charge in [0, 0.05) is 39.1 Å². The quantitative estimate of drug-likeness (QED) is 0.0699. The Hall–Kier alpha value is -3.84. The summed E-state index contributed by atoms with van der Waals surface area (Å²) >= 11 is 0. The Kier molecular flexibility index (Phi) is 14.2. The molecule has 2 heterocycles. The maximum atomic E-state index is 12.8. The highest BCUT2D eigenvalue weighted by atomic mass is 16.5. The van der Waals surface area contributed by atoms with Crippen molar-refractivity contribution in [2.24, 2.45) is 0 Å². The van der Waals surface area contributed by atoms with Gasteiger partial charge in [-0.05, 0) is 41.3 Å². The Bertz CT molecular complexity index is 1590. The number of nitrogens with zero attached hydrogens (tertiary/aromatic N) is 3. The number of carbonyl (C=O) groups is 1. The first-order valence-corrected chi connectivity index (χ1v) is 18.5. The number of hydrogen-bond donors (Lipinski definition) is 0. The summed E-state index contributed by atoms with van der Waals surface area (Å²) in [6, 6.07) is 25.1. The molecular formula is C41H55N3O4. The number of fused-ring (bicyclic) bond motifs is 1. The van der Waals surface area contributed by atoms with Gasteiger partial charge >= 0.3 is 11.7 Å². The second-order valence-corrected chi connectivity index (χ2v) is 13.4. The van der Waals surface area contributed by atoms with Crippen LogP contribution in [-0.2, 0) is 22.8 Å². The Balaban J connectivity index is 1.02. The van der Waals surface area contributed by atoms with Crippen LogP contribution in [0, 0.1) is 0 Å². The van der Waals surface area contributed by atoms with Crippen LogP contribution in [0.1, 0.15) is 102 Å². The molecule has 0 radical (unpaired) electrons. The molecule has 5 rings (SSSR count). The molecule has 4 aromatic rings. The van der Waals surface area contributed by atoms with E-state index in [9.17, 15) is 9.59 Å². The van der Waals surface area contributed by atoms with Gasteiger partial charge < -0.3 is 14.1 Å². The highest BCUT2D eigenvalue weighted by Crippen LogP contribution is 2.28. The molecule has 48 heavy (non-hydrogen) atoms. The normalized spacial score (nSPS) is 13.7. The maximum absolute atomic E-state index is 12.8. The highest BCUT2D eigenvalue weighted by Gasteiger charge is 2.22. The zero-order valence-electron chi connectivity index (χ0n) is 29.0. The average molecular weight is 654 g/mol. The van der Waals surface area contributed by atoms with Gasteiger partial charge in [0.05, 0.1) is 11.2 Å². The summed E-state index contributed by atoms with van der Waals surface area (Å²) in [6.45, 7) is 6.53. The third-order valence-electron chi connectivity index (χ3n) is 9.67. The molecule has 0 saturated carbocycles. The predicted molar refractivity (Wildman–Crippen MR) is 196 cm³/mol. The molecule has 1 aliphatic heterocycles. The third kappa shape index (κ3) is 10.6. The van der Waals surface area contributed by atoms with Crippen molar-refractivity contribution in [1.29, 1.82) is 0 Å². The summed E-state index contributed by atoms with van der Waals surface area (Å²) in [5, 5.41) is 0. The van der Waals surface area contributed by atoms with Gasteiger partial charge in [0.25, 0.3) is 0 Å². The van der Waals surface area contributed by atoms with Crippen LogP contribution in [-0.4, -0.2) is 41.6 Å². The SMILES string of the molecule is CCCCCCCCCCCCCCCC(=O)OCn1c(=O)oc2c(N3CCN(Cc4cccc(-c5ccccc5)c4)CC3)cccc21. The lowest BCUT2D eigenvalue weighted by molar-refractivity contribution is -0.147. The van der Waals surface area contributed by atoms with Crippen LogP contribution in [0.5, 0.6) is 0 Å². The van der Waals surface area contributed by atoms with E-state index in [2.05, 4.69) is 65.3 Å². The first-order chi connectivity index (χ1) is 23.6. The van der Waals surface area contributed by atoms with Gasteiger partial charge in [0.2, 0.25) is 0 Å². The average Bonchev–Trinajstić information content (AvgIpc) is 3.45. The van der Waals surface area contributed by atoms with Gasteiger partial charge in [-0.1, -0.05) is 139 Å². The smallest absolute Gasteiger partial charge is 0.422 e. The standard InChI is InChI=1S/C41H55N3O4/c1-2-3-4-5-6-7-8-9-10-11-12-13-17-26-39(45)47-33-44-38-25-19-24-37(40(38)48-41(44)46)43-29-27-42(28-30-43)32-34-20-18-23-36(31-34)35-21-15-14-16-22-35/h14-16,18-25,31H,2-13,17,26-30,32-33H2,1H3.